The van der Waals surface area contributed by atoms with Gasteiger partial charge in [0.05, 0.1) is 5.75 Å². The van der Waals surface area contributed by atoms with Crippen LogP contribution in [0.3, 0.4) is 0 Å². The zero-order chi connectivity index (χ0) is 18.1. The number of hydrogen-bond donors (Lipinski definition) is 3. The molecule has 0 heterocycles. The summed E-state index contributed by atoms with van der Waals surface area (Å²) in [6.45, 7) is 0.951. The lowest BCUT2D eigenvalue weighted by Crippen LogP contribution is -2.36. The second kappa shape index (κ2) is 9.19. The Bertz CT molecular complexity index is 775. The Morgan fingerprint density at radius 3 is 2.16 bits per heavy atom. The molecule has 3 N–H and O–H groups in total. The summed E-state index contributed by atoms with van der Waals surface area (Å²) in [5.41, 5.74) is 2.78. The van der Waals surface area contributed by atoms with E-state index in [1.54, 1.807) is 12.1 Å². The summed E-state index contributed by atoms with van der Waals surface area (Å²) in [6, 6.07) is 16.8. The van der Waals surface area contributed by atoms with Gasteiger partial charge >= 0.3 is 6.03 Å². The van der Waals surface area contributed by atoms with Gasteiger partial charge in [-0.3, -0.25) is 0 Å². The molecule has 2 aromatic rings. The number of urea groups is 1. The van der Waals surface area contributed by atoms with Crippen molar-refractivity contribution in [2.24, 2.45) is 0 Å². The summed E-state index contributed by atoms with van der Waals surface area (Å²) < 4.78 is 25.3. The van der Waals surface area contributed by atoms with Gasteiger partial charge in [0.25, 0.3) is 0 Å². The Labute approximate surface area is 148 Å². The minimum absolute atomic E-state index is 0.0584. The molecule has 0 aromatic heterocycles. The van der Waals surface area contributed by atoms with Crippen molar-refractivity contribution in [3.8, 4) is 0 Å². The highest BCUT2D eigenvalue weighted by atomic mass is 32.2. The summed E-state index contributed by atoms with van der Waals surface area (Å²) in [7, 11) is -1.88. The van der Waals surface area contributed by atoms with Crippen molar-refractivity contribution in [3.05, 3.63) is 71.3 Å². The minimum Gasteiger partial charge on any atom is -0.338 e. The zero-order valence-corrected chi connectivity index (χ0v) is 15.0. The molecule has 0 aliphatic heterocycles. The number of nitrogens with one attached hydrogen (secondary N) is 3. The van der Waals surface area contributed by atoms with Crippen molar-refractivity contribution in [3.63, 3.8) is 0 Å². The molecule has 0 saturated heterocycles. The van der Waals surface area contributed by atoms with Crippen LogP contribution in [0, 0.1) is 0 Å². The maximum absolute atomic E-state index is 11.8. The third-order valence-electron chi connectivity index (χ3n) is 3.69. The Balaban J connectivity index is 1.72. The molecule has 0 spiro atoms. The molecule has 2 rings (SSSR count). The van der Waals surface area contributed by atoms with E-state index < -0.39 is 10.0 Å². The molecule has 0 atom stereocenters. The minimum atomic E-state index is -3.27. The van der Waals surface area contributed by atoms with Gasteiger partial charge in [0, 0.05) is 13.1 Å². The molecule has 7 heteroatoms. The van der Waals surface area contributed by atoms with Crippen molar-refractivity contribution in [1.82, 2.24) is 15.4 Å². The smallest absolute Gasteiger partial charge is 0.315 e. The first-order chi connectivity index (χ1) is 12.0. The molecule has 2 amide bonds. The van der Waals surface area contributed by atoms with Crippen LogP contribution in [0.2, 0.25) is 0 Å². The summed E-state index contributed by atoms with van der Waals surface area (Å²) in [4.78, 5) is 11.8. The SMILES string of the molecule is CNS(=O)(=O)Cc1ccc(CNC(=O)NCCc2ccccc2)cc1. The Kier molecular flexibility index (Phi) is 6.97. The number of rotatable bonds is 8. The molecule has 0 aliphatic carbocycles. The van der Waals surface area contributed by atoms with E-state index in [9.17, 15) is 13.2 Å². The standard InChI is InChI=1S/C18H23N3O3S/c1-19-25(23,24)14-17-9-7-16(8-10-17)13-21-18(22)20-12-11-15-5-3-2-4-6-15/h2-10,19H,11-14H2,1H3,(H2,20,21,22). The van der Waals surface area contributed by atoms with Crippen molar-refractivity contribution < 1.29 is 13.2 Å². The van der Waals surface area contributed by atoms with E-state index in [1.165, 1.54) is 12.6 Å². The second-order valence-corrected chi connectivity index (χ2v) is 7.55. The fourth-order valence-corrected chi connectivity index (χ4v) is 3.03. The van der Waals surface area contributed by atoms with Crippen LogP contribution in [0.1, 0.15) is 16.7 Å². The summed E-state index contributed by atoms with van der Waals surface area (Å²) in [5, 5.41) is 5.60. The van der Waals surface area contributed by atoms with E-state index in [0.29, 0.717) is 18.7 Å². The predicted molar refractivity (Wildman–Crippen MR) is 98.5 cm³/mol. The van der Waals surface area contributed by atoms with Gasteiger partial charge in [-0.1, -0.05) is 54.6 Å². The summed E-state index contributed by atoms with van der Waals surface area (Å²) in [6.07, 6.45) is 0.781. The van der Waals surface area contributed by atoms with Crippen molar-refractivity contribution >= 4 is 16.1 Å². The predicted octanol–water partition coefficient (Wildman–Crippen LogP) is 1.78. The normalized spacial score (nSPS) is 11.1. The maximum Gasteiger partial charge on any atom is 0.315 e. The molecule has 6 nitrogen and oxygen atoms in total. The number of carbonyl (C=O) groups excluding carboxylic acids is 1. The lowest BCUT2D eigenvalue weighted by Gasteiger charge is -2.09. The highest BCUT2D eigenvalue weighted by Crippen LogP contribution is 2.07. The Morgan fingerprint density at radius 1 is 0.880 bits per heavy atom. The molecule has 0 bridgehead atoms. The van der Waals surface area contributed by atoms with Gasteiger partial charge in [0.1, 0.15) is 0 Å². The van der Waals surface area contributed by atoms with Gasteiger partial charge in [0.15, 0.2) is 0 Å². The van der Waals surface area contributed by atoms with Crippen LogP contribution < -0.4 is 15.4 Å². The number of sulfonamides is 1. The molecule has 134 valence electrons. The molecule has 0 unspecified atom stereocenters. The van der Waals surface area contributed by atoms with Gasteiger partial charge in [-0.2, -0.15) is 0 Å². The van der Waals surface area contributed by atoms with Crippen molar-refractivity contribution in [2.75, 3.05) is 13.6 Å². The molecule has 0 radical (unpaired) electrons. The second-order valence-electron chi connectivity index (χ2n) is 5.62. The van der Waals surface area contributed by atoms with E-state index >= 15 is 0 Å². The molecule has 0 aliphatic rings. The topological polar surface area (TPSA) is 87.3 Å². The van der Waals surface area contributed by atoms with E-state index in [1.807, 2.05) is 42.5 Å². The number of benzene rings is 2. The van der Waals surface area contributed by atoms with Gasteiger partial charge in [-0.25, -0.2) is 17.9 Å². The maximum atomic E-state index is 11.8. The third-order valence-corrected chi connectivity index (χ3v) is 5.02. The van der Waals surface area contributed by atoms with Crippen LogP contribution in [-0.2, 0) is 28.7 Å². The first kappa shape index (κ1) is 19.0. The van der Waals surface area contributed by atoms with Crippen molar-refractivity contribution in [1.29, 1.82) is 0 Å². The third kappa shape index (κ3) is 6.94. The molecule has 25 heavy (non-hydrogen) atoms. The van der Waals surface area contributed by atoms with Crippen LogP contribution in [0.15, 0.2) is 54.6 Å². The van der Waals surface area contributed by atoms with E-state index in [4.69, 9.17) is 0 Å². The lowest BCUT2D eigenvalue weighted by molar-refractivity contribution is 0.240. The number of amides is 2. The van der Waals surface area contributed by atoms with Crippen LogP contribution in [-0.4, -0.2) is 28.0 Å². The van der Waals surface area contributed by atoms with E-state index in [0.717, 1.165) is 12.0 Å². The van der Waals surface area contributed by atoms with E-state index in [2.05, 4.69) is 15.4 Å². The highest BCUT2D eigenvalue weighted by Gasteiger charge is 2.08. The molecule has 2 aromatic carbocycles. The summed E-state index contributed by atoms with van der Waals surface area (Å²) in [5.74, 6) is -0.0584. The summed E-state index contributed by atoms with van der Waals surface area (Å²) >= 11 is 0. The van der Waals surface area contributed by atoms with Crippen LogP contribution >= 0.6 is 0 Å². The Hall–Kier alpha value is -2.38. The molecule has 0 fully saturated rings. The largest absolute Gasteiger partial charge is 0.338 e. The molecule has 0 saturated carbocycles. The van der Waals surface area contributed by atoms with Crippen LogP contribution in [0.5, 0.6) is 0 Å². The Morgan fingerprint density at radius 2 is 1.52 bits per heavy atom. The van der Waals surface area contributed by atoms with Crippen LogP contribution in [0.4, 0.5) is 4.79 Å². The van der Waals surface area contributed by atoms with Gasteiger partial charge in [0.2, 0.25) is 10.0 Å². The van der Waals surface area contributed by atoms with E-state index in [-0.39, 0.29) is 11.8 Å². The van der Waals surface area contributed by atoms with Crippen LogP contribution in [0.25, 0.3) is 0 Å². The average Bonchev–Trinajstić information content (AvgIpc) is 2.62. The zero-order valence-electron chi connectivity index (χ0n) is 14.2. The van der Waals surface area contributed by atoms with Crippen molar-refractivity contribution in [2.45, 2.75) is 18.7 Å². The average molecular weight is 361 g/mol. The quantitative estimate of drug-likeness (QED) is 0.670. The monoisotopic (exact) mass is 361 g/mol. The first-order valence-corrected chi connectivity index (χ1v) is 9.68. The number of carbonyl (C=O) groups is 1. The van der Waals surface area contributed by atoms with Gasteiger partial charge < -0.3 is 10.6 Å². The van der Waals surface area contributed by atoms with Gasteiger partial charge in [-0.05, 0) is 30.2 Å². The molecular formula is C18H23N3O3S. The highest BCUT2D eigenvalue weighted by molar-refractivity contribution is 7.88. The number of hydrogen-bond acceptors (Lipinski definition) is 3. The van der Waals surface area contributed by atoms with Gasteiger partial charge in [-0.15, -0.1) is 0 Å². The fraction of sp³-hybridized carbons (Fsp3) is 0.278. The first-order valence-electron chi connectivity index (χ1n) is 8.03. The fourth-order valence-electron chi connectivity index (χ4n) is 2.25. The lowest BCUT2D eigenvalue weighted by atomic mass is 10.1. The molecular weight excluding hydrogens is 338 g/mol.